The Labute approximate surface area is 134 Å². The maximum atomic E-state index is 13.1. The van der Waals surface area contributed by atoms with Crippen LogP contribution in [0.3, 0.4) is 0 Å². The van der Waals surface area contributed by atoms with E-state index in [-0.39, 0.29) is 17.2 Å². The number of nitrogens with zero attached hydrogens (tertiary/aromatic N) is 1. The van der Waals surface area contributed by atoms with Crippen molar-refractivity contribution in [2.75, 3.05) is 17.5 Å². The van der Waals surface area contributed by atoms with Gasteiger partial charge in [0.2, 0.25) is 0 Å². The van der Waals surface area contributed by atoms with Crippen LogP contribution in [0.4, 0.5) is 10.1 Å². The fourth-order valence-electron chi connectivity index (χ4n) is 1.97. The molecule has 0 saturated carbocycles. The molecule has 0 spiro atoms. The molecule has 0 fully saturated rings. The topological polar surface area (TPSA) is 63.7 Å². The van der Waals surface area contributed by atoms with Gasteiger partial charge in [-0.05, 0) is 43.3 Å². The lowest BCUT2D eigenvalue weighted by Crippen LogP contribution is -2.36. The summed E-state index contributed by atoms with van der Waals surface area (Å²) in [5.41, 5.74) is 0.184. The van der Waals surface area contributed by atoms with Gasteiger partial charge in [0.15, 0.2) is 0 Å². The largest absolute Gasteiger partial charge is 0.465 e. The van der Waals surface area contributed by atoms with Crippen molar-refractivity contribution in [3.63, 3.8) is 0 Å². The molecule has 2 rings (SSSR count). The summed E-state index contributed by atoms with van der Waals surface area (Å²) in [5, 5.41) is 0. The summed E-state index contributed by atoms with van der Waals surface area (Å²) in [5.74, 6) is -1.18. The minimum Gasteiger partial charge on any atom is -0.465 e. The standard InChI is InChI=1S/C16H16FNO4S/c1-2-22-16(19)12-18(14-10-8-13(17)9-11-14)23(20,21)15-6-4-3-5-7-15/h3-11H,2,12H2,1H3. The molecule has 0 radical (unpaired) electrons. The van der Waals surface area contributed by atoms with E-state index in [1.165, 1.54) is 24.3 Å². The predicted molar refractivity (Wildman–Crippen MR) is 84.0 cm³/mol. The summed E-state index contributed by atoms with van der Waals surface area (Å²) in [6.45, 7) is 1.28. The van der Waals surface area contributed by atoms with Crippen molar-refractivity contribution in [1.29, 1.82) is 0 Å². The second-order valence-electron chi connectivity index (χ2n) is 4.61. The average molecular weight is 337 g/mol. The molecule has 7 heteroatoms. The van der Waals surface area contributed by atoms with E-state index in [1.54, 1.807) is 25.1 Å². The molecule has 0 bridgehead atoms. The fraction of sp³-hybridized carbons (Fsp3) is 0.188. The van der Waals surface area contributed by atoms with Crippen LogP contribution in [-0.2, 0) is 19.6 Å². The molecule has 122 valence electrons. The Morgan fingerprint density at radius 3 is 2.26 bits per heavy atom. The van der Waals surface area contributed by atoms with E-state index in [2.05, 4.69) is 0 Å². The third-order valence-electron chi connectivity index (χ3n) is 3.02. The van der Waals surface area contributed by atoms with Crippen molar-refractivity contribution >= 4 is 21.7 Å². The molecule has 2 aromatic carbocycles. The molecule has 0 heterocycles. The second-order valence-corrected chi connectivity index (χ2v) is 6.47. The molecular weight excluding hydrogens is 321 g/mol. The van der Waals surface area contributed by atoms with E-state index in [0.29, 0.717) is 0 Å². The summed E-state index contributed by atoms with van der Waals surface area (Å²) in [7, 11) is -3.97. The van der Waals surface area contributed by atoms with E-state index in [0.717, 1.165) is 16.4 Å². The molecule has 0 unspecified atom stereocenters. The highest BCUT2D eigenvalue weighted by atomic mass is 32.2. The van der Waals surface area contributed by atoms with Crippen molar-refractivity contribution < 1.29 is 22.3 Å². The van der Waals surface area contributed by atoms with Gasteiger partial charge in [0.25, 0.3) is 10.0 Å². The highest BCUT2D eigenvalue weighted by Gasteiger charge is 2.27. The number of carbonyl (C=O) groups is 1. The van der Waals surface area contributed by atoms with E-state index >= 15 is 0 Å². The number of anilines is 1. The van der Waals surface area contributed by atoms with Crippen LogP contribution in [0.1, 0.15) is 6.92 Å². The maximum Gasteiger partial charge on any atom is 0.326 e. The van der Waals surface area contributed by atoms with Gasteiger partial charge < -0.3 is 4.74 Å². The molecule has 0 aliphatic carbocycles. The zero-order valence-electron chi connectivity index (χ0n) is 12.5. The summed E-state index contributed by atoms with van der Waals surface area (Å²) in [4.78, 5) is 11.8. The third kappa shape index (κ3) is 4.07. The lowest BCUT2D eigenvalue weighted by atomic mass is 10.3. The first-order valence-electron chi connectivity index (χ1n) is 6.94. The quantitative estimate of drug-likeness (QED) is 0.760. The van der Waals surface area contributed by atoms with E-state index in [4.69, 9.17) is 4.74 Å². The Hall–Kier alpha value is -2.41. The first kappa shape index (κ1) is 17.0. The summed E-state index contributed by atoms with van der Waals surface area (Å²) in [6, 6.07) is 12.6. The van der Waals surface area contributed by atoms with Crippen LogP contribution >= 0.6 is 0 Å². The SMILES string of the molecule is CCOC(=O)CN(c1ccc(F)cc1)S(=O)(=O)c1ccccc1. The van der Waals surface area contributed by atoms with E-state index in [1.807, 2.05) is 0 Å². The number of rotatable bonds is 6. The smallest absolute Gasteiger partial charge is 0.326 e. The molecule has 0 atom stereocenters. The Kier molecular flexibility index (Phi) is 5.33. The Morgan fingerprint density at radius 2 is 1.70 bits per heavy atom. The van der Waals surface area contributed by atoms with Crippen LogP contribution in [0, 0.1) is 5.82 Å². The summed E-state index contributed by atoms with van der Waals surface area (Å²) >= 11 is 0. The van der Waals surface area contributed by atoms with Crippen molar-refractivity contribution in [2.24, 2.45) is 0 Å². The molecule has 0 saturated heterocycles. The summed E-state index contributed by atoms with van der Waals surface area (Å²) < 4.78 is 44.4. The first-order valence-corrected chi connectivity index (χ1v) is 8.38. The Morgan fingerprint density at radius 1 is 1.09 bits per heavy atom. The number of esters is 1. The van der Waals surface area contributed by atoms with Crippen LogP contribution in [0.15, 0.2) is 59.5 Å². The van der Waals surface area contributed by atoms with Crippen LogP contribution in [0.5, 0.6) is 0 Å². The lowest BCUT2D eigenvalue weighted by molar-refractivity contribution is -0.141. The van der Waals surface area contributed by atoms with Crippen molar-refractivity contribution in [2.45, 2.75) is 11.8 Å². The van der Waals surface area contributed by atoms with Crippen molar-refractivity contribution in [3.8, 4) is 0 Å². The monoisotopic (exact) mass is 337 g/mol. The van der Waals surface area contributed by atoms with Gasteiger partial charge in [-0.15, -0.1) is 0 Å². The van der Waals surface area contributed by atoms with Gasteiger partial charge in [-0.2, -0.15) is 0 Å². The number of hydrogen-bond donors (Lipinski definition) is 0. The molecule has 2 aromatic rings. The number of halogens is 1. The van der Waals surface area contributed by atoms with E-state index < -0.39 is 28.4 Å². The minimum atomic E-state index is -3.97. The highest BCUT2D eigenvalue weighted by molar-refractivity contribution is 7.92. The molecule has 0 amide bonds. The molecule has 0 aliphatic heterocycles. The average Bonchev–Trinajstić information content (AvgIpc) is 2.55. The van der Waals surface area contributed by atoms with Crippen LogP contribution in [-0.4, -0.2) is 27.5 Å². The van der Waals surface area contributed by atoms with Crippen molar-refractivity contribution in [1.82, 2.24) is 0 Å². The predicted octanol–water partition coefficient (Wildman–Crippen LogP) is 2.58. The zero-order chi connectivity index (χ0) is 16.9. The maximum absolute atomic E-state index is 13.1. The minimum absolute atomic E-state index is 0.0358. The van der Waals surface area contributed by atoms with Gasteiger partial charge in [-0.3, -0.25) is 9.10 Å². The molecule has 0 N–H and O–H groups in total. The Balaban J connectivity index is 2.44. The molecule has 0 aliphatic rings. The van der Waals surface area contributed by atoms with Gasteiger partial charge in [0.1, 0.15) is 12.4 Å². The number of hydrogen-bond acceptors (Lipinski definition) is 4. The van der Waals surface area contributed by atoms with E-state index in [9.17, 15) is 17.6 Å². The highest BCUT2D eigenvalue weighted by Crippen LogP contribution is 2.23. The molecule has 5 nitrogen and oxygen atoms in total. The first-order chi connectivity index (χ1) is 10.9. The lowest BCUT2D eigenvalue weighted by Gasteiger charge is -2.23. The van der Waals surface area contributed by atoms with Gasteiger partial charge in [-0.1, -0.05) is 18.2 Å². The zero-order valence-corrected chi connectivity index (χ0v) is 13.3. The fourth-order valence-corrected chi connectivity index (χ4v) is 3.40. The van der Waals surface area contributed by atoms with Crippen LogP contribution in [0.25, 0.3) is 0 Å². The van der Waals surface area contributed by atoms with Gasteiger partial charge >= 0.3 is 5.97 Å². The van der Waals surface area contributed by atoms with Crippen LogP contribution < -0.4 is 4.31 Å². The molecule has 0 aromatic heterocycles. The number of benzene rings is 2. The summed E-state index contributed by atoms with van der Waals surface area (Å²) in [6.07, 6.45) is 0. The van der Waals surface area contributed by atoms with Crippen LogP contribution in [0.2, 0.25) is 0 Å². The number of carbonyl (C=O) groups excluding carboxylic acids is 1. The van der Waals surface area contributed by atoms with Gasteiger partial charge in [-0.25, -0.2) is 12.8 Å². The molecule has 23 heavy (non-hydrogen) atoms. The normalized spacial score (nSPS) is 11.0. The van der Waals surface area contributed by atoms with Crippen molar-refractivity contribution in [3.05, 3.63) is 60.4 Å². The van der Waals surface area contributed by atoms with Gasteiger partial charge in [0, 0.05) is 0 Å². The molecular formula is C16H16FNO4S. The number of sulfonamides is 1. The number of ether oxygens (including phenoxy) is 1. The Bertz CT molecular complexity index is 760. The third-order valence-corrected chi connectivity index (χ3v) is 4.81. The second kappa shape index (κ2) is 7.23. The van der Waals surface area contributed by atoms with Gasteiger partial charge in [0.05, 0.1) is 17.2 Å².